The molecule has 128 valence electrons. The Morgan fingerprint density at radius 3 is 2.54 bits per heavy atom. The first-order valence-corrected chi connectivity index (χ1v) is 8.49. The molecule has 0 aliphatic rings. The highest BCUT2D eigenvalue weighted by Gasteiger charge is 2.19. The molecule has 0 unspecified atom stereocenters. The summed E-state index contributed by atoms with van der Waals surface area (Å²) in [4.78, 5) is 1.98. The molecule has 7 nitrogen and oxygen atoms in total. The molecule has 0 heterocycles. The standard InChI is InChI=1S/C15H15ClN2O5S/c1-22-11-4-6-14(23-2)15(8-11)24(20,21)18-17-9-10-3-5-13(19)12(16)7-10/h3-9,18-19H,1-2H3/b17-9+. The fourth-order valence-electron chi connectivity index (χ4n) is 1.82. The molecule has 2 aromatic carbocycles. The van der Waals surface area contributed by atoms with E-state index in [4.69, 9.17) is 21.1 Å². The van der Waals surface area contributed by atoms with Crippen molar-refractivity contribution in [1.29, 1.82) is 0 Å². The monoisotopic (exact) mass is 370 g/mol. The minimum atomic E-state index is -3.96. The summed E-state index contributed by atoms with van der Waals surface area (Å²) in [5.41, 5.74) is 0.512. The second kappa shape index (κ2) is 7.41. The number of phenolic OH excluding ortho intramolecular Hbond substituents is 1. The Balaban J connectivity index is 2.25. The van der Waals surface area contributed by atoms with E-state index in [1.807, 2.05) is 0 Å². The highest BCUT2D eigenvalue weighted by Crippen LogP contribution is 2.28. The molecule has 0 saturated carbocycles. The summed E-state index contributed by atoms with van der Waals surface area (Å²) in [5, 5.41) is 13.2. The number of phenols is 1. The first-order valence-electron chi connectivity index (χ1n) is 6.63. The van der Waals surface area contributed by atoms with E-state index in [0.717, 1.165) is 0 Å². The number of methoxy groups -OCH3 is 2. The summed E-state index contributed by atoms with van der Waals surface area (Å²) >= 11 is 5.77. The minimum absolute atomic E-state index is 0.0736. The Morgan fingerprint density at radius 1 is 1.17 bits per heavy atom. The van der Waals surface area contributed by atoms with Crippen LogP contribution in [0.2, 0.25) is 5.02 Å². The lowest BCUT2D eigenvalue weighted by molar-refractivity contribution is 0.392. The molecular formula is C15H15ClN2O5S. The fraction of sp³-hybridized carbons (Fsp3) is 0.133. The third-order valence-corrected chi connectivity index (χ3v) is 4.57. The quantitative estimate of drug-likeness (QED) is 0.601. The largest absolute Gasteiger partial charge is 0.506 e. The van der Waals surface area contributed by atoms with Gasteiger partial charge in [-0.3, -0.25) is 0 Å². The lowest BCUT2D eigenvalue weighted by Crippen LogP contribution is -2.19. The third-order valence-electron chi connectivity index (χ3n) is 3.02. The van der Waals surface area contributed by atoms with E-state index in [1.54, 1.807) is 6.07 Å². The summed E-state index contributed by atoms with van der Waals surface area (Å²) in [6.45, 7) is 0. The molecule has 0 fully saturated rings. The molecule has 2 N–H and O–H groups in total. The van der Waals surface area contributed by atoms with Crippen molar-refractivity contribution >= 4 is 27.8 Å². The highest BCUT2D eigenvalue weighted by atomic mass is 35.5. The first-order chi connectivity index (χ1) is 11.4. The van der Waals surface area contributed by atoms with Gasteiger partial charge in [0.2, 0.25) is 0 Å². The molecule has 0 aliphatic carbocycles. The maximum Gasteiger partial charge on any atom is 0.280 e. The van der Waals surface area contributed by atoms with E-state index in [1.165, 1.54) is 50.8 Å². The number of sulfonamides is 1. The van der Waals surface area contributed by atoms with Gasteiger partial charge in [-0.05, 0) is 35.9 Å². The average Bonchev–Trinajstić information content (AvgIpc) is 2.57. The van der Waals surface area contributed by atoms with E-state index >= 15 is 0 Å². The number of rotatable bonds is 6. The normalized spacial score (nSPS) is 11.5. The van der Waals surface area contributed by atoms with Gasteiger partial charge in [0.25, 0.3) is 10.0 Å². The van der Waals surface area contributed by atoms with Crippen molar-refractivity contribution in [3.8, 4) is 17.2 Å². The Labute approximate surface area is 144 Å². The molecule has 0 aromatic heterocycles. The van der Waals surface area contributed by atoms with E-state index in [2.05, 4.69) is 9.93 Å². The van der Waals surface area contributed by atoms with Crippen LogP contribution < -0.4 is 14.3 Å². The Hall–Kier alpha value is -2.45. The predicted octanol–water partition coefficient (Wildman–Crippen LogP) is 2.38. The number of ether oxygens (including phenoxy) is 2. The van der Waals surface area contributed by atoms with Gasteiger partial charge in [0.15, 0.2) is 0 Å². The van der Waals surface area contributed by atoms with Crippen molar-refractivity contribution < 1.29 is 23.0 Å². The van der Waals surface area contributed by atoms with Crippen molar-refractivity contribution in [3.05, 3.63) is 47.0 Å². The van der Waals surface area contributed by atoms with Crippen molar-refractivity contribution in [1.82, 2.24) is 4.83 Å². The second-order valence-electron chi connectivity index (χ2n) is 4.58. The molecule has 24 heavy (non-hydrogen) atoms. The number of hydrogen-bond acceptors (Lipinski definition) is 6. The van der Waals surface area contributed by atoms with E-state index in [-0.39, 0.29) is 21.4 Å². The zero-order valence-corrected chi connectivity index (χ0v) is 14.4. The molecule has 0 saturated heterocycles. The van der Waals surface area contributed by atoms with Crippen LogP contribution in [0, 0.1) is 0 Å². The van der Waals surface area contributed by atoms with Crippen LogP contribution in [0.5, 0.6) is 17.2 Å². The SMILES string of the molecule is COc1ccc(OC)c(S(=O)(=O)N/N=C/c2ccc(O)c(Cl)c2)c1. The third kappa shape index (κ3) is 4.09. The number of halogens is 1. The predicted molar refractivity (Wildman–Crippen MR) is 90.6 cm³/mol. The molecule has 0 radical (unpaired) electrons. The van der Waals surface area contributed by atoms with Crippen LogP contribution in [0.3, 0.4) is 0 Å². The van der Waals surface area contributed by atoms with E-state index < -0.39 is 10.0 Å². The van der Waals surface area contributed by atoms with Crippen LogP contribution >= 0.6 is 11.6 Å². The number of nitrogens with one attached hydrogen (secondary N) is 1. The van der Waals surface area contributed by atoms with Crippen molar-refractivity contribution in [2.45, 2.75) is 4.90 Å². The van der Waals surface area contributed by atoms with Crippen LogP contribution in [0.4, 0.5) is 0 Å². The van der Waals surface area contributed by atoms with Gasteiger partial charge in [-0.2, -0.15) is 18.4 Å². The maximum absolute atomic E-state index is 12.4. The van der Waals surface area contributed by atoms with Gasteiger partial charge in [0.05, 0.1) is 25.5 Å². The molecule has 0 spiro atoms. The number of hydrogen-bond donors (Lipinski definition) is 2. The van der Waals surface area contributed by atoms with Crippen LogP contribution in [0.15, 0.2) is 46.4 Å². The van der Waals surface area contributed by atoms with Crippen molar-refractivity contribution in [3.63, 3.8) is 0 Å². The Kier molecular flexibility index (Phi) is 5.53. The van der Waals surface area contributed by atoms with Crippen LogP contribution in [-0.2, 0) is 10.0 Å². The smallest absolute Gasteiger partial charge is 0.280 e. The lowest BCUT2D eigenvalue weighted by atomic mass is 10.2. The molecule has 0 bridgehead atoms. The average molecular weight is 371 g/mol. The number of nitrogens with zero attached hydrogens (tertiary/aromatic N) is 1. The van der Waals surface area contributed by atoms with Crippen LogP contribution in [0.25, 0.3) is 0 Å². The molecule has 2 aromatic rings. The van der Waals surface area contributed by atoms with Gasteiger partial charge >= 0.3 is 0 Å². The van der Waals surface area contributed by atoms with Gasteiger partial charge in [-0.1, -0.05) is 11.6 Å². The van der Waals surface area contributed by atoms with Gasteiger partial charge < -0.3 is 14.6 Å². The topological polar surface area (TPSA) is 97.2 Å². The lowest BCUT2D eigenvalue weighted by Gasteiger charge is -2.10. The molecular weight excluding hydrogens is 356 g/mol. The van der Waals surface area contributed by atoms with Gasteiger partial charge in [0.1, 0.15) is 22.1 Å². The van der Waals surface area contributed by atoms with Crippen LogP contribution in [-0.4, -0.2) is 34.0 Å². The summed E-state index contributed by atoms with van der Waals surface area (Å²) in [6, 6.07) is 8.75. The summed E-state index contributed by atoms with van der Waals surface area (Å²) in [5.74, 6) is 0.451. The fourth-order valence-corrected chi connectivity index (χ4v) is 2.98. The number of hydrazone groups is 1. The highest BCUT2D eigenvalue weighted by molar-refractivity contribution is 7.89. The summed E-state index contributed by atoms with van der Waals surface area (Å²) in [7, 11) is -1.17. The summed E-state index contributed by atoms with van der Waals surface area (Å²) < 4.78 is 34.8. The molecule has 0 atom stereocenters. The van der Waals surface area contributed by atoms with E-state index in [0.29, 0.717) is 11.3 Å². The zero-order valence-electron chi connectivity index (χ0n) is 12.9. The zero-order chi connectivity index (χ0) is 17.7. The first kappa shape index (κ1) is 17.9. The van der Waals surface area contributed by atoms with Gasteiger partial charge in [-0.15, -0.1) is 0 Å². The Morgan fingerprint density at radius 2 is 1.92 bits per heavy atom. The summed E-state index contributed by atoms with van der Waals surface area (Å²) in [6.07, 6.45) is 1.26. The molecule has 2 rings (SSSR count). The molecule has 0 amide bonds. The maximum atomic E-state index is 12.4. The van der Waals surface area contributed by atoms with Crippen molar-refractivity contribution in [2.75, 3.05) is 14.2 Å². The van der Waals surface area contributed by atoms with Crippen LogP contribution in [0.1, 0.15) is 5.56 Å². The Bertz CT molecular complexity index is 868. The molecule has 0 aliphatic heterocycles. The number of benzene rings is 2. The molecule has 9 heteroatoms. The van der Waals surface area contributed by atoms with Gasteiger partial charge in [-0.25, -0.2) is 0 Å². The number of aromatic hydroxyl groups is 1. The minimum Gasteiger partial charge on any atom is -0.506 e. The second-order valence-corrected chi connectivity index (χ2v) is 6.62. The van der Waals surface area contributed by atoms with Gasteiger partial charge in [0, 0.05) is 6.07 Å². The van der Waals surface area contributed by atoms with E-state index in [9.17, 15) is 13.5 Å². The van der Waals surface area contributed by atoms with Crippen molar-refractivity contribution in [2.24, 2.45) is 5.10 Å².